The molecule has 0 unspecified atom stereocenters. The van der Waals surface area contributed by atoms with Gasteiger partial charge in [0.2, 0.25) is 0 Å². The van der Waals surface area contributed by atoms with Gasteiger partial charge in [0, 0.05) is 0 Å². The summed E-state index contributed by atoms with van der Waals surface area (Å²) in [6.45, 7) is 1.83. The van der Waals surface area contributed by atoms with E-state index in [0.717, 1.165) is 16.7 Å². The molecule has 0 aliphatic carbocycles. The fourth-order valence-corrected chi connectivity index (χ4v) is 1.66. The van der Waals surface area contributed by atoms with E-state index < -0.39 is 0 Å². The summed E-state index contributed by atoms with van der Waals surface area (Å²) >= 11 is 0. The van der Waals surface area contributed by atoms with Crippen molar-refractivity contribution in [3.8, 4) is 0 Å². The van der Waals surface area contributed by atoms with Crippen LogP contribution in [0.15, 0.2) is 66.7 Å². The van der Waals surface area contributed by atoms with E-state index in [4.69, 9.17) is 1.37 Å². The maximum atomic E-state index is 7.89. The molecule has 0 fully saturated rings. The summed E-state index contributed by atoms with van der Waals surface area (Å²) in [4.78, 5) is 0. The predicted molar refractivity (Wildman–Crippen MR) is 65.6 cm³/mol. The van der Waals surface area contributed by atoms with Gasteiger partial charge in [-0.15, -0.1) is 0 Å². The van der Waals surface area contributed by atoms with Crippen molar-refractivity contribution in [1.29, 1.82) is 0 Å². The van der Waals surface area contributed by atoms with Crippen LogP contribution in [0, 0.1) is 0 Å². The second kappa shape index (κ2) is 4.61. The van der Waals surface area contributed by atoms with Crippen LogP contribution in [0.3, 0.4) is 0 Å². The monoisotopic (exact) mass is 195 g/mol. The molecule has 15 heavy (non-hydrogen) atoms. The van der Waals surface area contributed by atoms with E-state index in [0.29, 0.717) is 6.05 Å². The summed E-state index contributed by atoms with van der Waals surface area (Å²) in [6, 6.07) is 20.8. The highest BCUT2D eigenvalue weighted by Gasteiger charge is 2.01. The largest absolute Gasteiger partial charge is 0.0792 e. The number of rotatable bonds is 2. The molecular formula is C15H14. The Kier molecular flexibility index (Phi) is 2.61. The van der Waals surface area contributed by atoms with Crippen molar-refractivity contribution < 1.29 is 1.37 Å². The Balaban J connectivity index is 2.54. The summed E-state index contributed by atoms with van der Waals surface area (Å²) in [7, 11) is 0. The van der Waals surface area contributed by atoms with Crippen LogP contribution in [0.4, 0.5) is 0 Å². The van der Waals surface area contributed by atoms with Crippen molar-refractivity contribution in [3.05, 3.63) is 77.8 Å². The molecule has 0 nitrogen and oxygen atoms in total. The molecule has 0 atom stereocenters. The first-order valence-electron chi connectivity index (χ1n) is 5.57. The van der Waals surface area contributed by atoms with Gasteiger partial charge in [-0.2, -0.15) is 0 Å². The Bertz CT molecular complexity index is 438. The van der Waals surface area contributed by atoms with Gasteiger partial charge in [0.15, 0.2) is 0 Å². The highest BCUT2D eigenvalue weighted by molar-refractivity contribution is 5.79. The zero-order chi connectivity index (χ0) is 11.4. The minimum atomic E-state index is 0.595. The fourth-order valence-electron chi connectivity index (χ4n) is 1.66. The second-order valence-corrected chi connectivity index (χ2v) is 3.36. The number of hydrogen-bond donors (Lipinski definition) is 0. The highest BCUT2D eigenvalue weighted by Crippen LogP contribution is 2.22. The van der Waals surface area contributed by atoms with E-state index in [9.17, 15) is 0 Å². The van der Waals surface area contributed by atoms with E-state index in [-0.39, 0.29) is 0 Å². The van der Waals surface area contributed by atoms with Gasteiger partial charge in [0.1, 0.15) is 0 Å². The summed E-state index contributed by atoms with van der Waals surface area (Å²) in [6.07, 6.45) is 0. The van der Waals surface area contributed by atoms with Gasteiger partial charge in [-0.1, -0.05) is 66.7 Å². The van der Waals surface area contributed by atoms with Gasteiger partial charge in [-0.3, -0.25) is 0 Å². The molecule has 0 aromatic heterocycles. The van der Waals surface area contributed by atoms with E-state index in [2.05, 4.69) is 0 Å². The summed E-state index contributed by atoms with van der Waals surface area (Å²) in [5.74, 6) is 0. The Morgan fingerprint density at radius 3 is 1.60 bits per heavy atom. The summed E-state index contributed by atoms with van der Waals surface area (Å²) < 4.78 is 7.89. The Labute approximate surface area is 92.3 Å². The van der Waals surface area contributed by atoms with Crippen molar-refractivity contribution in [2.24, 2.45) is 0 Å². The number of allylic oxidation sites excluding steroid dienone is 1. The quantitative estimate of drug-likeness (QED) is 0.675. The molecule has 2 rings (SSSR count). The third-order valence-electron chi connectivity index (χ3n) is 2.37. The van der Waals surface area contributed by atoms with Gasteiger partial charge >= 0.3 is 0 Å². The smallest absolute Gasteiger partial charge is 0.0580 e. The fraction of sp³-hybridized carbons (Fsp3) is 0.0667. The maximum absolute atomic E-state index is 7.89. The van der Waals surface area contributed by atoms with Crippen LogP contribution in [0.1, 0.15) is 19.4 Å². The van der Waals surface area contributed by atoms with Gasteiger partial charge in [-0.05, 0) is 23.6 Å². The van der Waals surface area contributed by atoms with Crippen LogP contribution in [0.25, 0.3) is 5.57 Å². The van der Waals surface area contributed by atoms with Crippen molar-refractivity contribution in [2.75, 3.05) is 0 Å². The SMILES string of the molecule is [2H]C(C)=C(c1ccccc1)c1ccccc1. The average molecular weight is 195 g/mol. The number of hydrogen-bond acceptors (Lipinski definition) is 0. The lowest BCUT2D eigenvalue weighted by molar-refractivity contribution is 1.53. The normalized spacial score (nSPS) is 10.6. The lowest BCUT2D eigenvalue weighted by Gasteiger charge is -2.06. The zero-order valence-corrected chi connectivity index (χ0v) is 8.77. The Morgan fingerprint density at radius 1 is 0.867 bits per heavy atom. The standard InChI is InChI=1S/C15H14/c1-2-15(13-9-5-3-6-10-13)14-11-7-4-8-12-14/h2-12H,1H3/i2D. The molecule has 74 valence electrons. The minimum Gasteiger partial charge on any atom is -0.0792 e. The van der Waals surface area contributed by atoms with Gasteiger partial charge in [0.25, 0.3) is 0 Å². The molecule has 0 amide bonds. The molecule has 0 heterocycles. The molecule has 0 aliphatic heterocycles. The van der Waals surface area contributed by atoms with E-state index in [1.165, 1.54) is 0 Å². The third kappa shape index (κ3) is 2.16. The van der Waals surface area contributed by atoms with Crippen LogP contribution < -0.4 is 0 Å². The van der Waals surface area contributed by atoms with Gasteiger partial charge < -0.3 is 0 Å². The molecule has 0 heteroatoms. The third-order valence-corrected chi connectivity index (χ3v) is 2.37. The highest BCUT2D eigenvalue weighted by atomic mass is 14.1. The lowest BCUT2D eigenvalue weighted by Crippen LogP contribution is -1.86. The second-order valence-electron chi connectivity index (χ2n) is 3.36. The van der Waals surface area contributed by atoms with Gasteiger partial charge in [-0.25, -0.2) is 0 Å². The van der Waals surface area contributed by atoms with Crippen LogP contribution in [-0.2, 0) is 0 Å². The topological polar surface area (TPSA) is 0 Å². The molecule has 0 saturated carbocycles. The molecule has 0 radical (unpaired) electrons. The van der Waals surface area contributed by atoms with Crippen LogP contribution in [0.5, 0.6) is 0 Å². The molecule has 0 spiro atoms. The molecular weight excluding hydrogens is 180 g/mol. The van der Waals surface area contributed by atoms with Crippen molar-refractivity contribution in [2.45, 2.75) is 6.92 Å². The van der Waals surface area contributed by atoms with Crippen molar-refractivity contribution in [1.82, 2.24) is 0 Å². The first-order chi connectivity index (χ1) is 7.79. The van der Waals surface area contributed by atoms with Crippen molar-refractivity contribution in [3.63, 3.8) is 0 Å². The molecule has 0 aliphatic rings. The molecule has 0 bridgehead atoms. The zero-order valence-electron chi connectivity index (χ0n) is 9.77. The first-order valence-corrected chi connectivity index (χ1v) is 5.07. The van der Waals surface area contributed by atoms with E-state index in [1.54, 1.807) is 0 Å². The summed E-state index contributed by atoms with van der Waals surface area (Å²) in [5.41, 5.74) is 3.20. The minimum absolute atomic E-state index is 0.595. The maximum Gasteiger partial charge on any atom is 0.0580 e. The molecule has 2 aromatic rings. The Morgan fingerprint density at radius 2 is 1.27 bits per heavy atom. The van der Waals surface area contributed by atoms with Crippen LogP contribution >= 0.6 is 0 Å². The molecule has 0 N–H and O–H groups in total. The molecule has 0 saturated heterocycles. The lowest BCUT2D eigenvalue weighted by atomic mass is 9.98. The van der Waals surface area contributed by atoms with Crippen LogP contribution in [-0.4, -0.2) is 0 Å². The van der Waals surface area contributed by atoms with Gasteiger partial charge in [0.05, 0.1) is 1.37 Å². The Hall–Kier alpha value is -1.82. The van der Waals surface area contributed by atoms with Crippen molar-refractivity contribution >= 4 is 5.57 Å². The molecule has 2 aromatic carbocycles. The van der Waals surface area contributed by atoms with E-state index >= 15 is 0 Å². The average Bonchev–Trinajstić information content (AvgIpc) is 2.31. The van der Waals surface area contributed by atoms with Crippen LogP contribution in [0.2, 0.25) is 0 Å². The number of benzene rings is 2. The predicted octanol–water partition coefficient (Wildman–Crippen LogP) is 4.14. The van der Waals surface area contributed by atoms with E-state index in [1.807, 2.05) is 67.6 Å². The first kappa shape index (κ1) is 8.49. The summed E-state index contributed by atoms with van der Waals surface area (Å²) in [5, 5.41) is 0.